The molecule has 1 aliphatic rings. The van der Waals surface area contributed by atoms with Crippen molar-refractivity contribution in [2.75, 3.05) is 20.1 Å². The number of nitrogens with zero attached hydrogens (tertiary/aromatic N) is 2. The number of halogens is 3. The summed E-state index contributed by atoms with van der Waals surface area (Å²) in [6.07, 6.45) is -1.87. The molecule has 1 aliphatic heterocycles. The number of benzene rings is 1. The summed E-state index contributed by atoms with van der Waals surface area (Å²) in [5.41, 5.74) is -0.305. The minimum atomic E-state index is -4.44. The summed E-state index contributed by atoms with van der Waals surface area (Å²) in [5, 5.41) is 3.27. The normalized spacial score (nSPS) is 15.4. The lowest BCUT2D eigenvalue weighted by Crippen LogP contribution is -2.43. The molecule has 144 valence electrons. The lowest BCUT2D eigenvalue weighted by Gasteiger charge is -2.31. The second-order valence-corrected chi connectivity index (χ2v) is 6.41. The van der Waals surface area contributed by atoms with E-state index in [4.69, 9.17) is 4.74 Å². The highest BCUT2D eigenvalue weighted by Gasteiger charge is 2.30. The number of pyridine rings is 1. The van der Waals surface area contributed by atoms with Crippen molar-refractivity contribution >= 4 is 5.91 Å². The predicted octanol–water partition coefficient (Wildman–Crippen LogP) is 3.72. The molecule has 1 amide bonds. The van der Waals surface area contributed by atoms with Gasteiger partial charge in [0.2, 0.25) is 5.88 Å². The lowest BCUT2D eigenvalue weighted by atomic mass is 10.0. The molecule has 0 bridgehead atoms. The molecule has 8 heteroatoms. The maximum absolute atomic E-state index is 12.6. The fraction of sp³-hybridized carbons (Fsp3) is 0.368. The van der Waals surface area contributed by atoms with E-state index in [-0.39, 0.29) is 17.8 Å². The first-order chi connectivity index (χ1) is 12.8. The predicted molar refractivity (Wildman–Crippen MR) is 93.7 cm³/mol. The first-order valence-corrected chi connectivity index (χ1v) is 8.63. The zero-order valence-corrected chi connectivity index (χ0v) is 14.8. The lowest BCUT2D eigenvalue weighted by molar-refractivity contribution is -0.137. The molecular formula is C19H20F3N3O2. The Morgan fingerprint density at radius 1 is 1.15 bits per heavy atom. The number of carbonyl (C=O) groups excluding carboxylic acids is 1. The maximum Gasteiger partial charge on any atom is 0.417 e. The van der Waals surface area contributed by atoms with Crippen LogP contribution in [0.4, 0.5) is 13.2 Å². The van der Waals surface area contributed by atoms with Crippen LogP contribution in [0.2, 0.25) is 0 Å². The van der Waals surface area contributed by atoms with Crippen molar-refractivity contribution in [2.24, 2.45) is 0 Å². The van der Waals surface area contributed by atoms with E-state index in [1.54, 1.807) is 36.2 Å². The Morgan fingerprint density at radius 3 is 2.37 bits per heavy atom. The van der Waals surface area contributed by atoms with Crippen molar-refractivity contribution in [2.45, 2.75) is 25.1 Å². The fourth-order valence-electron chi connectivity index (χ4n) is 2.96. The van der Waals surface area contributed by atoms with Crippen LogP contribution >= 0.6 is 0 Å². The zero-order chi connectivity index (χ0) is 19.4. The summed E-state index contributed by atoms with van der Waals surface area (Å²) in [7, 11) is 1.80. The van der Waals surface area contributed by atoms with Crippen LogP contribution in [-0.4, -0.2) is 42.0 Å². The molecule has 0 aliphatic carbocycles. The number of carbonyl (C=O) groups is 1. The first kappa shape index (κ1) is 19.2. The van der Waals surface area contributed by atoms with Crippen LogP contribution in [0.5, 0.6) is 11.6 Å². The molecule has 0 radical (unpaired) electrons. The van der Waals surface area contributed by atoms with Gasteiger partial charge in [0.25, 0.3) is 5.91 Å². The largest absolute Gasteiger partial charge is 0.439 e. The van der Waals surface area contributed by atoms with Crippen molar-refractivity contribution < 1.29 is 22.7 Å². The van der Waals surface area contributed by atoms with E-state index < -0.39 is 11.7 Å². The van der Waals surface area contributed by atoms with Crippen LogP contribution in [-0.2, 0) is 6.18 Å². The molecule has 0 saturated carbocycles. The monoisotopic (exact) mass is 379 g/mol. The maximum atomic E-state index is 12.6. The minimum Gasteiger partial charge on any atom is -0.439 e. The Hall–Kier alpha value is -2.61. The molecule has 1 aromatic heterocycles. The van der Waals surface area contributed by atoms with Gasteiger partial charge in [0.05, 0.1) is 5.56 Å². The van der Waals surface area contributed by atoms with Crippen LogP contribution in [0, 0.1) is 0 Å². The van der Waals surface area contributed by atoms with Gasteiger partial charge in [-0.15, -0.1) is 0 Å². The molecule has 1 aromatic carbocycles. The van der Waals surface area contributed by atoms with Gasteiger partial charge in [-0.2, -0.15) is 13.2 Å². The van der Waals surface area contributed by atoms with Crippen LogP contribution in [0.3, 0.4) is 0 Å². The Kier molecular flexibility index (Phi) is 5.65. The van der Waals surface area contributed by atoms with Gasteiger partial charge in [-0.25, -0.2) is 4.98 Å². The van der Waals surface area contributed by atoms with Gasteiger partial charge >= 0.3 is 6.18 Å². The smallest absolute Gasteiger partial charge is 0.417 e. The molecule has 0 unspecified atom stereocenters. The molecule has 2 aromatic rings. The first-order valence-electron chi connectivity index (χ1n) is 8.63. The molecular weight excluding hydrogens is 359 g/mol. The number of rotatable bonds is 4. The standard InChI is InChI=1S/C19H20F3N3O2/c1-25(15-8-10-23-11-9-15)18(26)13-2-5-16(6-3-13)27-17-7-4-14(12-24-17)19(20,21)22/h2-7,12,15,23H,8-11H2,1H3. The topological polar surface area (TPSA) is 54.5 Å². The Bertz CT molecular complexity index is 770. The van der Waals surface area contributed by atoms with E-state index in [0.717, 1.165) is 44.3 Å². The van der Waals surface area contributed by atoms with Crippen molar-refractivity contribution in [1.82, 2.24) is 15.2 Å². The van der Waals surface area contributed by atoms with E-state index in [0.29, 0.717) is 11.3 Å². The van der Waals surface area contributed by atoms with Gasteiger partial charge in [0.1, 0.15) is 5.75 Å². The number of aromatic nitrogens is 1. The molecule has 0 spiro atoms. The van der Waals surface area contributed by atoms with Gasteiger partial charge < -0.3 is 15.0 Å². The highest BCUT2D eigenvalue weighted by molar-refractivity contribution is 5.94. The number of amides is 1. The number of nitrogens with one attached hydrogen (secondary N) is 1. The molecule has 1 fully saturated rings. The van der Waals surface area contributed by atoms with E-state index in [9.17, 15) is 18.0 Å². The number of ether oxygens (including phenoxy) is 1. The molecule has 1 saturated heterocycles. The molecule has 2 heterocycles. The molecule has 3 rings (SSSR count). The Morgan fingerprint density at radius 2 is 1.81 bits per heavy atom. The van der Waals surface area contributed by atoms with E-state index in [1.807, 2.05) is 0 Å². The second-order valence-electron chi connectivity index (χ2n) is 6.41. The second kappa shape index (κ2) is 7.96. The fourth-order valence-corrected chi connectivity index (χ4v) is 2.96. The third-order valence-corrected chi connectivity index (χ3v) is 4.56. The summed E-state index contributed by atoms with van der Waals surface area (Å²) in [6, 6.07) is 8.76. The van der Waals surface area contributed by atoms with Crippen LogP contribution in [0.15, 0.2) is 42.6 Å². The third-order valence-electron chi connectivity index (χ3n) is 4.56. The molecule has 0 atom stereocenters. The third kappa shape index (κ3) is 4.77. The highest BCUT2D eigenvalue weighted by atomic mass is 19.4. The summed E-state index contributed by atoms with van der Waals surface area (Å²) in [5.74, 6) is 0.373. The summed E-state index contributed by atoms with van der Waals surface area (Å²) in [4.78, 5) is 18.0. The van der Waals surface area contributed by atoms with Gasteiger partial charge in [0.15, 0.2) is 0 Å². The van der Waals surface area contributed by atoms with E-state index in [2.05, 4.69) is 10.3 Å². The van der Waals surface area contributed by atoms with E-state index in [1.165, 1.54) is 0 Å². The van der Waals surface area contributed by atoms with Gasteiger partial charge in [-0.1, -0.05) is 0 Å². The minimum absolute atomic E-state index is 0.0499. The Balaban J connectivity index is 1.63. The average molecular weight is 379 g/mol. The highest BCUT2D eigenvalue weighted by Crippen LogP contribution is 2.30. The summed E-state index contributed by atoms with van der Waals surface area (Å²) in [6.45, 7) is 1.80. The number of hydrogen-bond donors (Lipinski definition) is 1. The molecule has 27 heavy (non-hydrogen) atoms. The van der Waals surface area contributed by atoms with Gasteiger partial charge in [-0.05, 0) is 56.3 Å². The van der Waals surface area contributed by atoms with E-state index >= 15 is 0 Å². The SMILES string of the molecule is CN(C(=O)c1ccc(Oc2ccc(C(F)(F)F)cn2)cc1)C1CCNCC1. The summed E-state index contributed by atoms with van der Waals surface area (Å²) >= 11 is 0. The molecule has 5 nitrogen and oxygen atoms in total. The average Bonchev–Trinajstić information content (AvgIpc) is 2.68. The van der Waals surface area contributed by atoms with Crippen molar-refractivity contribution in [3.05, 3.63) is 53.7 Å². The van der Waals surface area contributed by atoms with Crippen LogP contribution in [0.25, 0.3) is 0 Å². The number of piperidine rings is 1. The van der Waals surface area contributed by atoms with Gasteiger partial charge in [0, 0.05) is 30.9 Å². The van der Waals surface area contributed by atoms with Crippen LogP contribution in [0.1, 0.15) is 28.8 Å². The van der Waals surface area contributed by atoms with Crippen molar-refractivity contribution in [3.63, 3.8) is 0 Å². The number of hydrogen-bond acceptors (Lipinski definition) is 4. The summed E-state index contributed by atoms with van der Waals surface area (Å²) < 4.78 is 43.1. The quantitative estimate of drug-likeness (QED) is 0.880. The zero-order valence-electron chi connectivity index (χ0n) is 14.8. The molecule has 1 N–H and O–H groups in total. The van der Waals surface area contributed by atoms with Crippen LogP contribution < -0.4 is 10.1 Å². The van der Waals surface area contributed by atoms with Crippen molar-refractivity contribution in [1.29, 1.82) is 0 Å². The number of alkyl halides is 3. The van der Waals surface area contributed by atoms with Gasteiger partial charge in [-0.3, -0.25) is 4.79 Å². The Labute approximate surface area is 155 Å². The van der Waals surface area contributed by atoms with Crippen molar-refractivity contribution in [3.8, 4) is 11.6 Å².